The molecule has 0 aliphatic carbocycles. The summed E-state index contributed by atoms with van der Waals surface area (Å²) in [6.45, 7) is 8.56. The number of hydrogen-bond acceptors (Lipinski definition) is 4. The van der Waals surface area contributed by atoms with Crippen molar-refractivity contribution in [2.45, 2.75) is 39.3 Å². The molecule has 4 heteroatoms. The van der Waals surface area contributed by atoms with Gasteiger partial charge >= 0.3 is 0 Å². The van der Waals surface area contributed by atoms with Crippen LogP contribution in [0.15, 0.2) is 18.3 Å². The molecule has 0 aromatic carbocycles. The zero-order valence-electron chi connectivity index (χ0n) is 12.9. The monoisotopic (exact) mass is 277 g/mol. The van der Waals surface area contributed by atoms with E-state index in [2.05, 4.69) is 42.2 Å². The second-order valence-corrected chi connectivity index (χ2v) is 6.15. The van der Waals surface area contributed by atoms with Crippen molar-refractivity contribution in [2.75, 3.05) is 26.7 Å². The van der Waals surface area contributed by atoms with Gasteiger partial charge in [0.15, 0.2) is 0 Å². The van der Waals surface area contributed by atoms with Gasteiger partial charge in [0.2, 0.25) is 5.88 Å². The highest BCUT2D eigenvalue weighted by Crippen LogP contribution is 2.16. The summed E-state index contributed by atoms with van der Waals surface area (Å²) < 4.78 is 5.94. The summed E-state index contributed by atoms with van der Waals surface area (Å²) in [5, 5.41) is 3.42. The van der Waals surface area contributed by atoms with Crippen molar-refractivity contribution in [3.05, 3.63) is 23.9 Å². The summed E-state index contributed by atoms with van der Waals surface area (Å²) in [4.78, 5) is 6.76. The standard InChI is InChI=1S/C16H27N3O/c1-13(2)10-17-11-14-4-5-16(18-12-14)20-15-6-8-19(3)9-7-15/h4-5,12-13,15,17H,6-11H2,1-3H3. The number of nitrogens with one attached hydrogen (secondary N) is 1. The quantitative estimate of drug-likeness (QED) is 0.866. The Bertz CT molecular complexity index is 383. The SMILES string of the molecule is CC(C)CNCc1ccc(OC2CCN(C)CC2)nc1. The molecule has 0 bridgehead atoms. The topological polar surface area (TPSA) is 37.4 Å². The third-order valence-electron chi connectivity index (χ3n) is 3.63. The molecule has 0 unspecified atom stereocenters. The van der Waals surface area contributed by atoms with E-state index in [0.717, 1.165) is 44.9 Å². The maximum Gasteiger partial charge on any atom is 0.213 e. The molecule has 0 amide bonds. The van der Waals surface area contributed by atoms with Gasteiger partial charge in [0, 0.05) is 31.9 Å². The maximum atomic E-state index is 5.94. The van der Waals surface area contributed by atoms with Crippen LogP contribution in [0.25, 0.3) is 0 Å². The zero-order chi connectivity index (χ0) is 14.4. The van der Waals surface area contributed by atoms with Crippen LogP contribution in [0, 0.1) is 5.92 Å². The summed E-state index contributed by atoms with van der Waals surface area (Å²) in [7, 11) is 2.16. The largest absolute Gasteiger partial charge is 0.474 e. The molecule has 1 aromatic rings. The number of piperidine rings is 1. The minimum absolute atomic E-state index is 0.323. The predicted octanol–water partition coefficient (Wildman–Crippen LogP) is 2.30. The van der Waals surface area contributed by atoms with Gasteiger partial charge in [-0.1, -0.05) is 19.9 Å². The van der Waals surface area contributed by atoms with Crippen LogP contribution in [0.1, 0.15) is 32.3 Å². The van der Waals surface area contributed by atoms with Crippen LogP contribution < -0.4 is 10.1 Å². The zero-order valence-corrected chi connectivity index (χ0v) is 12.9. The third-order valence-corrected chi connectivity index (χ3v) is 3.63. The van der Waals surface area contributed by atoms with E-state index < -0.39 is 0 Å². The van der Waals surface area contributed by atoms with E-state index in [1.54, 1.807) is 0 Å². The molecule has 4 nitrogen and oxygen atoms in total. The van der Waals surface area contributed by atoms with Crippen molar-refractivity contribution in [3.63, 3.8) is 0 Å². The Hall–Kier alpha value is -1.13. The Morgan fingerprint density at radius 2 is 2.10 bits per heavy atom. The number of ether oxygens (including phenoxy) is 1. The highest BCUT2D eigenvalue weighted by atomic mass is 16.5. The van der Waals surface area contributed by atoms with Crippen molar-refractivity contribution in [3.8, 4) is 5.88 Å². The van der Waals surface area contributed by atoms with E-state index in [-0.39, 0.29) is 0 Å². The van der Waals surface area contributed by atoms with Gasteiger partial charge in [-0.05, 0) is 37.9 Å². The van der Waals surface area contributed by atoms with Gasteiger partial charge in [-0.25, -0.2) is 4.98 Å². The molecule has 0 radical (unpaired) electrons. The Morgan fingerprint density at radius 3 is 2.70 bits per heavy atom. The van der Waals surface area contributed by atoms with Crippen LogP contribution in [0.5, 0.6) is 5.88 Å². The maximum absolute atomic E-state index is 5.94. The van der Waals surface area contributed by atoms with Crippen molar-refractivity contribution < 1.29 is 4.74 Å². The first-order valence-corrected chi connectivity index (χ1v) is 7.64. The lowest BCUT2D eigenvalue weighted by Gasteiger charge is -2.28. The fourth-order valence-electron chi connectivity index (χ4n) is 2.36. The smallest absolute Gasteiger partial charge is 0.213 e. The Kier molecular flexibility index (Phi) is 5.80. The van der Waals surface area contributed by atoms with Gasteiger partial charge in [-0.3, -0.25) is 0 Å². The molecule has 2 rings (SSSR count). The van der Waals surface area contributed by atoms with Crippen molar-refractivity contribution in [2.24, 2.45) is 5.92 Å². The molecule has 1 N–H and O–H groups in total. The summed E-state index contributed by atoms with van der Waals surface area (Å²) >= 11 is 0. The number of aromatic nitrogens is 1. The molecular weight excluding hydrogens is 250 g/mol. The van der Waals surface area contributed by atoms with Crippen molar-refractivity contribution in [1.82, 2.24) is 15.2 Å². The second kappa shape index (κ2) is 7.60. The van der Waals surface area contributed by atoms with Crippen molar-refractivity contribution >= 4 is 0 Å². The molecule has 112 valence electrons. The number of pyridine rings is 1. The molecule has 1 fully saturated rings. The van der Waals surface area contributed by atoms with Gasteiger partial charge in [0.05, 0.1) is 0 Å². The van der Waals surface area contributed by atoms with E-state index in [9.17, 15) is 0 Å². The minimum atomic E-state index is 0.323. The molecule has 1 aliphatic heterocycles. The normalized spacial score (nSPS) is 17.6. The van der Waals surface area contributed by atoms with E-state index in [4.69, 9.17) is 4.74 Å². The average molecular weight is 277 g/mol. The molecule has 0 spiro atoms. The lowest BCUT2D eigenvalue weighted by Crippen LogP contribution is -2.35. The Labute approximate surface area is 122 Å². The van der Waals surface area contributed by atoms with Crippen molar-refractivity contribution in [1.29, 1.82) is 0 Å². The average Bonchev–Trinajstić information content (AvgIpc) is 2.43. The summed E-state index contributed by atoms with van der Waals surface area (Å²) in [5.74, 6) is 1.43. The predicted molar refractivity (Wildman–Crippen MR) is 81.9 cm³/mol. The minimum Gasteiger partial charge on any atom is -0.474 e. The highest BCUT2D eigenvalue weighted by molar-refractivity contribution is 5.18. The van der Waals surface area contributed by atoms with Crippen LogP contribution in [0.2, 0.25) is 0 Å². The summed E-state index contributed by atoms with van der Waals surface area (Å²) in [6, 6.07) is 4.09. The van der Waals surface area contributed by atoms with Crippen LogP contribution in [0.4, 0.5) is 0 Å². The first-order valence-electron chi connectivity index (χ1n) is 7.64. The Balaban J connectivity index is 1.76. The first-order chi connectivity index (χ1) is 9.63. The molecule has 1 saturated heterocycles. The van der Waals surface area contributed by atoms with Gasteiger partial charge in [0.25, 0.3) is 0 Å². The van der Waals surface area contributed by atoms with Gasteiger partial charge in [-0.2, -0.15) is 0 Å². The lowest BCUT2D eigenvalue weighted by atomic mass is 10.1. The third kappa shape index (κ3) is 5.10. The van der Waals surface area contributed by atoms with Crippen LogP contribution >= 0.6 is 0 Å². The molecule has 0 saturated carbocycles. The molecule has 20 heavy (non-hydrogen) atoms. The van der Waals surface area contributed by atoms with Crippen LogP contribution in [-0.2, 0) is 6.54 Å². The number of likely N-dealkylation sites (tertiary alicyclic amines) is 1. The van der Waals surface area contributed by atoms with E-state index >= 15 is 0 Å². The van der Waals surface area contributed by atoms with Crippen LogP contribution in [0.3, 0.4) is 0 Å². The molecule has 2 heterocycles. The Morgan fingerprint density at radius 1 is 1.35 bits per heavy atom. The fourth-order valence-corrected chi connectivity index (χ4v) is 2.36. The summed E-state index contributed by atoms with van der Waals surface area (Å²) in [5.41, 5.74) is 1.21. The number of hydrogen-bond donors (Lipinski definition) is 1. The molecule has 1 aliphatic rings. The number of rotatable bonds is 6. The molecule has 0 atom stereocenters. The van der Waals surface area contributed by atoms with Gasteiger partial charge in [0.1, 0.15) is 6.10 Å². The molecular formula is C16H27N3O. The lowest BCUT2D eigenvalue weighted by molar-refractivity contribution is 0.110. The summed E-state index contributed by atoms with van der Waals surface area (Å²) in [6.07, 6.45) is 4.42. The van der Waals surface area contributed by atoms with Gasteiger partial charge < -0.3 is 15.0 Å². The highest BCUT2D eigenvalue weighted by Gasteiger charge is 2.18. The van der Waals surface area contributed by atoms with Gasteiger partial charge in [-0.15, -0.1) is 0 Å². The second-order valence-electron chi connectivity index (χ2n) is 6.15. The van der Waals surface area contributed by atoms with Crippen LogP contribution in [-0.4, -0.2) is 42.7 Å². The first kappa shape index (κ1) is 15.3. The fraction of sp³-hybridized carbons (Fsp3) is 0.688. The van der Waals surface area contributed by atoms with E-state index in [1.165, 1.54) is 5.56 Å². The number of nitrogens with zero attached hydrogens (tertiary/aromatic N) is 2. The molecule has 1 aromatic heterocycles. The van der Waals surface area contributed by atoms with E-state index in [0.29, 0.717) is 12.0 Å². The van der Waals surface area contributed by atoms with E-state index in [1.807, 2.05) is 12.3 Å².